The van der Waals surface area contributed by atoms with Crippen molar-refractivity contribution >= 4 is 11.0 Å². The third kappa shape index (κ3) is 2.12. The third-order valence-electron chi connectivity index (χ3n) is 3.58. The Kier molecular flexibility index (Phi) is 2.90. The summed E-state index contributed by atoms with van der Waals surface area (Å²) in [6.07, 6.45) is 0. The Labute approximate surface area is 120 Å². The molecule has 0 aliphatic carbocycles. The Morgan fingerprint density at radius 2 is 1.57 bits per heavy atom. The van der Waals surface area contributed by atoms with Gasteiger partial charge in [0, 0.05) is 11.3 Å². The first-order chi connectivity index (χ1) is 9.97. The Hall–Kier alpha value is -2.82. The normalized spacial score (nSPS) is 12.6. The van der Waals surface area contributed by atoms with Crippen molar-refractivity contribution in [1.82, 2.24) is 0 Å². The molecule has 0 bridgehead atoms. The van der Waals surface area contributed by atoms with Gasteiger partial charge in [-0.3, -0.25) is 0 Å². The van der Waals surface area contributed by atoms with Crippen molar-refractivity contribution in [2.45, 2.75) is 12.8 Å². The van der Waals surface area contributed by atoms with Gasteiger partial charge in [0.05, 0.1) is 0 Å². The lowest BCUT2D eigenvalue weighted by atomic mass is 9.98. The molecule has 21 heavy (non-hydrogen) atoms. The molecule has 0 aliphatic rings. The molecule has 3 aromatic rings. The number of phenols is 4. The zero-order chi connectivity index (χ0) is 15.1. The predicted molar refractivity (Wildman–Crippen MR) is 76.8 cm³/mol. The number of phenolic OH excluding ortho intramolecular Hbond substituents is 4. The van der Waals surface area contributed by atoms with Gasteiger partial charge in [0.15, 0.2) is 22.8 Å². The summed E-state index contributed by atoms with van der Waals surface area (Å²) in [6, 6.07) is 9.37. The van der Waals surface area contributed by atoms with E-state index in [0.29, 0.717) is 11.1 Å². The highest BCUT2D eigenvalue weighted by molar-refractivity contribution is 5.86. The molecular weight excluding hydrogens is 272 g/mol. The van der Waals surface area contributed by atoms with Crippen LogP contribution in [-0.2, 0) is 0 Å². The van der Waals surface area contributed by atoms with Gasteiger partial charge in [-0.05, 0) is 35.9 Å². The Bertz CT molecular complexity index is 819. The zero-order valence-electron chi connectivity index (χ0n) is 11.2. The van der Waals surface area contributed by atoms with Crippen molar-refractivity contribution in [1.29, 1.82) is 0 Å². The van der Waals surface area contributed by atoms with Crippen molar-refractivity contribution < 1.29 is 24.8 Å². The molecule has 0 radical (unpaired) electrons. The van der Waals surface area contributed by atoms with Crippen molar-refractivity contribution in [3.8, 4) is 23.0 Å². The second-order valence-electron chi connectivity index (χ2n) is 4.97. The van der Waals surface area contributed by atoms with Crippen LogP contribution < -0.4 is 0 Å². The lowest BCUT2D eigenvalue weighted by Gasteiger charge is -2.09. The summed E-state index contributed by atoms with van der Waals surface area (Å²) in [5.74, 6) is -0.520. The largest absolute Gasteiger partial charge is 0.504 e. The fraction of sp³-hybridized carbons (Fsp3) is 0.125. The second kappa shape index (κ2) is 4.63. The van der Waals surface area contributed by atoms with E-state index in [0.717, 1.165) is 5.56 Å². The van der Waals surface area contributed by atoms with E-state index in [2.05, 4.69) is 0 Å². The van der Waals surface area contributed by atoms with Gasteiger partial charge < -0.3 is 24.8 Å². The van der Waals surface area contributed by atoms with E-state index in [1.54, 1.807) is 18.2 Å². The average molecular weight is 286 g/mol. The van der Waals surface area contributed by atoms with Gasteiger partial charge in [-0.15, -0.1) is 0 Å². The smallest absolute Gasteiger partial charge is 0.201 e. The van der Waals surface area contributed by atoms with Gasteiger partial charge in [0.25, 0.3) is 0 Å². The summed E-state index contributed by atoms with van der Waals surface area (Å²) in [5.41, 5.74) is 0.980. The summed E-state index contributed by atoms with van der Waals surface area (Å²) in [5, 5.41) is 38.8. The van der Waals surface area contributed by atoms with Crippen molar-refractivity contribution in [2.24, 2.45) is 0 Å². The van der Waals surface area contributed by atoms with Crippen LogP contribution in [0.3, 0.4) is 0 Å². The first-order valence-corrected chi connectivity index (χ1v) is 6.43. The minimum Gasteiger partial charge on any atom is -0.504 e. The van der Waals surface area contributed by atoms with Crippen LogP contribution >= 0.6 is 0 Å². The summed E-state index contributed by atoms with van der Waals surface area (Å²) in [6.45, 7) is 1.88. The lowest BCUT2D eigenvalue weighted by molar-refractivity contribution is 0.397. The molecule has 108 valence electrons. The fourth-order valence-electron chi connectivity index (χ4n) is 2.29. The number of benzene rings is 2. The first kappa shape index (κ1) is 13.2. The van der Waals surface area contributed by atoms with E-state index in [-0.39, 0.29) is 34.5 Å². The molecule has 1 unspecified atom stereocenters. The summed E-state index contributed by atoms with van der Waals surface area (Å²) in [7, 11) is 0. The monoisotopic (exact) mass is 286 g/mol. The van der Waals surface area contributed by atoms with Crippen LogP contribution in [0.25, 0.3) is 11.0 Å². The number of aromatic hydroxyl groups is 4. The molecule has 0 aliphatic heterocycles. The van der Waals surface area contributed by atoms with E-state index in [9.17, 15) is 20.4 Å². The Morgan fingerprint density at radius 3 is 2.29 bits per heavy atom. The maximum absolute atomic E-state index is 9.79. The molecule has 0 amide bonds. The highest BCUT2D eigenvalue weighted by atomic mass is 16.4. The van der Waals surface area contributed by atoms with Crippen LogP contribution in [-0.4, -0.2) is 20.4 Å². The van der Waals surface area contributed by atoms with Crippen LogP contribution in [0.15, 0.2) is 40.8 Å². The maximum atomic E-state index is 9.79. The zero-order valence-corrected chi connectivity index (χ0v) is 11.2. The molecule has 5 heteroatoms. The molecule has 4 N–H and O–H groups in total. The maximum Gasteiger partial charge on any atom is 0.201 e. The molecule has 0 spiro atoms. The SMILES string of the molecule is CC(c1ccc(O)c(O)c1)c1cc2ccc(O)c(O)c2o1. The topological polar surface area (TPSA) is 94.1 Å². The van der Waals surface area contributed by atoms with Crippen LogP contribution in [0.5, 0.6) is 23.0 Å². The van der Waals surface area contributed by atoms with Crippen LogP contribution in [0, 0.1) is 0 Å². The molecule has 0 fully saturated rings. The van der Waals surface area contributed by atoms with Gasteiger partial charge in [-0.1, -0.05) is 13.0 Å². The first-order valence-electron chi connectivity index (χ1n) is 6.43. The second-order valence-corrected chi connectivity index (χ2v) is 4.97. The highest BCUT2D eigenvalue weighted by Gasteiger charge is 2.18. The summed E-state index contributed by atoms with van der Waals surface area (Å²) < 4.78 is 5.61. The van der Waals surface area contributed by atoms with E-state index in [1.165, 1.54) is 18.2 Å². The van der Waals surface area contributed by atoms with Crippen molar-refractivity contribution in [3.05, 3.63) is 47.7 Å². The standard InChI is InChI=1S/C16H14O5/c1-8(9-2-4-11(17)13(19)6-9)14-7-10-3-5-12(18)15(20)16(10)21-14/h2-8,17-20H,1H3. The summed E-state index contributed by atoms with van der Waals surface area (Å²) in [4.78, 5) is 0. The highest BCUT2D eigenvalue weighted by Crippen LogP contribution is 2.39. The predicted octanol–water partition coefficient (Wildman–Crippen LogP) is 3.41. The van der Waals surface area contributed by atoms with Crippen molar-refractivity contribution in [2.75, 3.05) is 0 Å². The molecule has 1 atom stereocenters. The minimum atomic E-state index is -0.292. The van der Waals surface area contributed by atoms with Gasteiger partial charge in [-0.2, -0.15) is 0 Å². The third-order valence-corrected chi connectivity index (χ3v) is 3.58. The quantitative estimate of drug-likeness (QED) is 0.542. The van der Waals surface area contributed by atoms with Gasteiger partial charge in [0.2, 0.25) is 5.75 Å². The van der Waals surface area contributed by atoms with E-state index < -0.39 is 0 Å². The average Bonchev–Trinajstić information content (AvgIpc) is 2.90. The number of hydrogen-bond donors (Lipinski definition) is 4. The minimum absolute atomic E-state index is 0.182. The molecule has 0 saturated heterocycles. The Balaban J connectivity index is 2.07. The molecule has 0 saturated carbocycles. The molecule has 2 aromatic carbocycles. The number of hydrogen-bond acceptors (Lipinski definition) is 5. The van der Waals surface area contributed by atoms with Gasteiger partial charge in [0.1, 0.15) is 5.76 Å². The van der Waals surface area contributed by atoms with E-state index in [1.807, 2.05) is 6.92 Å². The van der Waals surface area contributed by atoms with Gasteiger partial charge in [-0.25, -0.2) is 0 Å². The van der Waals surface area contributed by atoms with E-state index in [4.69, 9.17) is 4.42 Å². The molecule has 5 nitrogen and oxygen atoms in total. The van der Waals surface area contributed by atoms with Crippen LogP contribution in [0.1, 0.15) is 24.2 Å². The van der Waals surface area contributed by atoms with Crippen LogP contribution in [0.2, 0.25) is 0 Å². The number of fused-ring (bicyclic) bond motifs is 1. The van der Waals surface area contributed by atoms with Crippen molar-refractivity contribution in [3.63, 3.8) is 0 Å². The Morgan fingerprint density at radius 1 is 0.857 bits per heavy atom. The molecule has 1 aromatic heterocycles. The molecule has 3 rings (SSSR count). The molecular formula is C16H14O5. The van der Waals surface area contributed by atoms with Crippen LogP contribution in [0.4, 0.5) is 0 Å². The molecule has 1 heterocycles. The van der Waals surface area contributed by atoms with E-state index >= 15 is 0 Å². The number of furan rings is 1. The fourth-order valence-corrected chi connectivity index (χ4v) is 2.29. The number of rotatable bonds is 2. The summed E-state index contributed by atoms with van der Waals surface area (Å²) >= 11 is 0. The van der Waals surface area contributed by atoms with Gasteiger partial charge >= 0.3 is 0 Å². The lowest BCUT2D eigenvalue weighted by Crippen LogP contribution is -1.93.